The van der Waals surface area contributed by atoms with Gasteiger partial charge in [0.1, 0.15) is 0 Å². The van der Waals surface area contributed by atoms with Crippen LogP contribution in [0.4, 0.5) is 11.4 Å². The molecular formula is C16H12N2O10S. The Hall–Kier alpha value is -4.13. The molecule has 0 aromatic heterocycles. The van der Waals surface area contributed by atoms with E-state index >= 15 is 0 Å². The summed E-state index contributed by atoms with van der Waals surface area (Å²) in [6.45, 7) is 0. The Kier molecular flexibility index (Phi) is 5.20. The second-order valence-corrected chi connectivity index (χ2v) is 7.54. The van der Waals surface area contributed by atoms with Gasteiger partial charge < -0.3 is 31.9 Å². The van der Waals surface area contributed by atoms with Gasteiger partial charge in [-0.3, -0.25) is 0 Å². The van der Waals surface area contributed by atoms with E-state index in [-0.39, 0.29) is 0 Å². The fourth-order valence-corrected chi connectivity index (χ4v) is 3.77. The Morgan fingerprint density at radius 2 is 0.793 bits per heavy atom. The number of nitrogens with two attached hydrogens (primary N) is 2. The first-order valence-corrected chi connectivity index (χ1v) is 8.82. The average Bonchev–Trinajstić information content (AvgIpc) is 2.60. The highest BCUT2D eigenvalue weighted by atomic mass is 32.2. The lowest BCUT2D eigenvalue weighted by molar-refractivity contribution is 0.0678. The van der Waals surface area contributed by atoms with Crippen LogP contribution in [0.1, 0.15) is 41.4 Å². The number of carbonyl (C=O) groups is 4. The van der Waals surface area contributed by atoms with Gasteiger partial charge in [0.05, 0.1) is 43.4 Å². The smallest absolute Gasteiger partial charge is 0.337 e. The third-order valence-electron chi connectivity index (χ3n) is 3.85. The number of hydrogen-bond donors (Lipinski definition) is 6. The lowest BCUT2D eigenvalue weighted by Crippen LogP contribution is -2.15. The number of sulfone groups is 1. The Labute approximate surface area is 161 Å². The molecule has 0 heterocycles. The van der Waals surface area contributed by atoms with Gasteiger partial charge >= 0.3 is 23.9 Å². The molecule has 152 valence electrons. The Morgan fingerprint density at radius 1 is 0.586 bits per heavy atom. The van der Waals surface area contributed by atoms with Gasteiger partial charge in [-0.1, -0.05) is 0 Å². The number of benzene rings is 2. The standard InChI is InChI=1S/C16H12N2O10S/c17-11-7(13(19)20)1-5(2-8(11)14(21)22)29(27,28)6-3-9(15(23)24)12(18)10(4-6)16(25)26/h1-4H,17-18H2,(H,19,20)(H,21,22)(H,23,24)(H,25,26). The molecule has 13 heteroatoms. The fourth-order valence-electron chi connectivity index (χ4n) is 2.41. The second kappa shape index (κ2) is 7.12. The minimum atomic E-state index is -4.76. The van der Waals surface area contributed by atoms with Crippen molar-refractivity contribution in [2.45, 2.75) is 9.79 Å². The highest BCUT2D eigenvalue weighted by Crippen LogP contribution is 2.31. The molecule has 2 aromatic rings. The van der Waals surface area contributed by atoms with Crippen molar-refractivity contribution in [1.82, 2.24) is 0 Å². The van der Waals surface area contributed by atoms with Crippen molar-refractivity contribution < 1.29 is 48.0 Å². The van der Waals surface area contributed by atoms with Crippen molar-refractivity contribution in [1.29, 1.82) is 0 Å². The van der Waals surface area contributed by atoms with Crippen LogP contribution in [0.15, 0.2) is 34.1 Å². The van der Waals surface area contributed by atoms with Crippen molar-refractivity contribution in [3.63, 3.8) is 0 Å². The summed E-state index contributed by atoms with van der Waals surface area (Å²) in [6, 6.07) is 2.32. The van der Waals surface area contributed by atoms with Crippen LogP contribution in [-0.2, 0) is 9.84 Å². The van der Waals surface area contributed by atoms with Crippen molar-refractivity contribution >= 4 is 45.1 Å². The number of carboxylic acids is 4. The summed E-state index contributed by atoms with van der Waals surface area (Å²) in [6.07, 6.45) is 0. The monoisotopic (exact) mass is 424 g/mol. The maximum Gasteiger partial charge on any atom is 0.337 e. The number of hydrogen-bond acceptors (Lipinski definition) is 8. The van der Waals surface area contributed by atoms with Crippen LogP contribution in [0, 0.1) is 0 Å². The number of aromatic carboxylic acids is 4. The number of nitrogen functional groups attached to an aromatic ring is 2. The van der Waals surface area contributed by atoms with Gasteiger partial charge in [0.25, 0.3) is 0 Å². The zero-order chi connectivity index (χ0) is 22.3. The van der Waals surface area contributed by atoms with Gasteiger partial charge in [-0.05, 0) is 24.3 Å². The number of rotatable bonds is 6. The molecule has 0 aliphatic heterocycles. The van der Waals surface area contributed by atoms with E-state index in [1.54, 1.807) is 0 Å². The molecule has 0 aliphatic rings. The first kappa shape index (κ1) is 21.2. The molecule has 0 atom stereocenters. The molecule has 0 amide bonds. The molecule has 0 radical (unpaired) electrons. The van der Waals surface area contributed by atoms with Crippen LogP contribution in [-0.4, -0.2) is 52.7 Å². The fraction of sp³-hybridized carbons (Fsp3) is 0. The number of anilines is 2. The largest absolute Gasteiger partial charge is 0.478 e. The molecule has 0 aliphatic carbocycles. The van der Waals surface area contributed by atoms with Gasteiger partial charge in [-0.15, -0.1) is 0 Å². The Bertz CT molecular complexity index is 1040. The van der Waals surface area contributed by atoms with E-state index in [4.69, 9.17) is 31.9 Å². The molecule has 12 nitrogen and oxygen atoms in total. The second-order valence-electron chi connectivity index (χ2n) is 5.59. The summed E-state index contributed by atoms with van der Waals surface area (Å²) in [4.78, 5) is 43.5. The van der Waals surface area contributed by atoms with Crippen molar-refractivity contribution in [2.24, 2.45) is 0 Å². The Morgan fingerprint density at radius 3 is 0.966 bits per heavy atom. The van der Waals surface area contributed by atoms with Crippen molar-refractivity contribution in [2.75, 3.05) is 11.5 Å². The SMILES string of the molecule is Nc1c(C(=O)O)cc(S(=O)(=O)c2cc(C(=O)O)c(N)c(C(=O)O)c2)cc1C(=O)O. The molecule has 0 spiro atoms. The van der Waals surface area contributed by atoms with E-state index in [2.05, 4.69) is 0 Å². The highest BCUT2D eigenvalue weighted by molar-refractivity contribution is 7.91. The third kappa shape index (κ3) is 3.66. The molecule has 2 rings (SSSR count). The van der Waals surface area contributed by atoms with Gasteiger partial charge in [-0.2, -0.15) is 0 Å². The molecule has 2 aromatic carbocycles. The maximum absolute atomic E-state index is 12.9. The molecule has 29 heavy (non-hydrogen) atoms. The summed E-state index contributed by atoms with van der Waals surface area (Å²) in [5, 5.41) is 36.7. The van der Waals surface area contributed by atoms with E-state index in [1.165, 1.54) is 0 Å². The van der Waals surface area contributed by atoms with Crippen molar-refractivity contribution in [3.05, 3.63) is 46.5 Å². The lowest BCUT2D eigenvalue weighted by atomic mass is 10.1. The first-order chi connectivity index (χ1) is 13.3. The van der Waals surface area contributed by atoms with Crippen LogP contribution in [0.5, 0.6) is 0 Å². The summed E-state index contributed by atoms with van der Waals surface area (Å²) in [5.41, 5.74) is 6.23. The molecular weight excluding hydrogens is 412 g/mol. The van der Waals surface area contributed by atoms with Crippen LogP contribution >= 0.6 is 0 Å². The first-order valence-electron chi connectivity index (χ1n) is 7.34. The summed E-state index contributed by atoms with van der Waals surface area (Å²) < 4.78 is 25.8. The van der Waals surface area contributed by atoms with E-state index in [0.29, 0.717) is 24.3 Å². The third-order valence-corrected chi connectivity index (χ3v) is 5.56. The van der Waals surface area contributed by atoms with Crippen LogP contribution < -0.4 is 11.5 Å². The van der Waals surface area contributed by atoms with Crippen LogP contribution in [0.3, 0.4) is 0 Å². The summed E-state index contributed by atoms with van der Waals surface area (Å²) in [7, 11) is -4.76. The normalized spacial score (nSPS) is 11.0. The molecule has 0 fully saturated rings. The van der Waals surface area contributed by atoms with Crippen molar-refractivity contribution in [3.8, 4) is 0 Å². The molecule has 0 saturated carbocycles. The minimum absolute atomic E-state index is 0.580. The van der Waals surface area contributed by atoms with Crippen LogP contribution in [0.25, 0.3) is 0 Å². The molecule has 0 bridgehead atoms. The average molecular weight is 424 g/mol. The van der Waals surface area contributed by atoms with E-state index in [1.807, 2.05) is 0 Å². The summed E-state index contributed by atoms with van der Waals surface area (Å²) >= 11 is 0. The predicted molar refractivity (Wildman–Crippen MR) is 95.0 cm³/mol. The zero-order valence-corrected chi connectivity index (χ0v) is 14.9. The molecule has 8 N–H and O–H groups in total. The van der Waals surface area contributed by atoms with Gasteiger partial charge in [-0.25, -0.2) is 27.6 Å². The van der Waals surface area contributed by atoms with E-state index in [0.717, 1.165) is 0 Å². The van der Waals surface area contributed by atoms with Gasteiger partial charge in [0, 0.05) is 0 Å². The quantitative estimate of drug-likeness (QED) is 0.347. The number of carboxylic acid groups (broad SMARTS) is 4. The lowest BCUT2D eigenvalue weighted by Gasteiger charge is -2.13. The maximum atomic E-state index is 12.9. The van der Waals surface area contributed by atoms with E-state index in [9.17, 15) is 27.6 Å². The highest BCUT2D eigenvalue weighted by Gasteiger charge is 2.28. The zero-order valence-electron chi connectivity index (χ0n) is 14.1. The van der Waals surface area contributed by atoms with E-state index < -0.39 is 77.1 Å². The van der Waals surface area contributed by atoms with Gasteiger partial charge in [0.15, 0.2) is 0 Å². The summed E-state index contributed by atoms with van der Waals surface area (Å²) in [5.74, 6) is -6.85. The van der Waals surface area contributed by atoms with Gasteiger partial charge in [0.2, 0.25) is 9.84 Å². The predicted octanol–water partition coefficient (Wildman–Crippen LogP) is 0.477. The molecule has 0 unspecified atom stereocenters. The minimum Gasteiger partial charge on any atom is -0.478 e. The van der Waals surface area contributed by atoms with Crippen LogP contribution in [0.2, 0.25) is 0 Å². The molecule has 0 saturated heterocycles. The Balaban J connectivity index is 2.90. The topological polar surface area (TPSA) is 235 Å².